The summed E-state index contributed by atoms with van der Waals surface area (Å²) in [7, 11) is 1.66. The molecular formula is C24H23N5O3. The topological polar surface area (TPSA) is 94.2 Å². The summed E-state index contributed by atoms with van der Waals surface area (Å²) < 4.78 is 11.4. The van der Waals surface area contributed by atoms with Crippen molar-refractivity contribution in [2.75, 3.05) is 13.7 Å². The summed E-state index contributed by atoms with van der Waals surface area (Å²) in [6.07, 6.45) is 7.79. The summed E-state index contributed by atoms with van der Waals surface area (Å²) >= 11 is 0. The predicted molar refractivity (Wildman–Crippen MR) is 118 cm³/mol. The first-order valence-electron chi connectivity index (χ1n) is 10.7. The normalized spacial score (nSPS) is 16.3. The average molecular weight is 429 g/mol. The van der Waals surface area contributed by atoms with E-state index in [1.165, 1.54) is 0 Å². The molecule has 5 rings (SSSR count). The zero-order valence-corrected chi connectivity index (χ0v) is 17.8. The number of hydrogen-bond acceptors (Lipinski definition) is 7. The lowest BCUT2D eigenvalue weighted by Gasteiger charge is -2.33. The van der Waals surface area contributed by atoms with Crippen molar-refractivity contribution in [3.63, 3.8) is 0 Å². The number of aromatic nitrogens is 4. The van der Waals surface area contributed by atoms with Gasteiger partial charge >= 0.3 is 0 Å². The van der Waals surface area contributed by atoms with E-state index >= 15 is 0 Å². The summed E-state index contributed by atoms with van der Waals surface area (Å²) in [5.41, 5.74) is 1.49. The lowest BCUT2D eigenvalue weighted by atomic mass is 9.98. The predicted octanol–water partition coefficient (Wildman–Crippen LogP) is 3.98. The molecule has 2 aromatic carbocycles. The van der Waals surface area contributed by atoms with Gasteiger partial charge in [-0.3, -0.25) is 9.78 Å². The van der Waals surface area contributed by atoms with Gasteiger partial charge in [-0.15, -0.1) is 10.2 Å². The van der Waals surface area contributed by atoms with Crippen molar-refractivity contribution in [2.45, 2.75) is 31.7 Å². The minimum absolute atomic E-state index is 0.0456. The van der Waals surface area contributed by atoms with Gasteiger partial charge in [-0.2, -0.15) is 0 Å². The van der Waals surface area contributed by atoms with Crippen LogP contribution in [-0.2, 0) is 11.2 Å². The molecule has 0 aliphatic carbocycles. The molecule has 2 aromatic heterocycles. The maximum absolute atomic E-state index is 13.4. The van der Waals surface area contributed by atoms with E-state index in [1.807, 2.05) is 41.3 Å². The second-order valence-electron chi connectivity index (χ2n) is 7.78. The molecule has 32 heavy (non-hydrogen) atoms. The third-order valence-electron chi connectivity index (χ3n) is 5.87. The molecule has 1 fully saturated rings. The number of carbonyl (C=O) groups excluding carboxylic acids is 1. The summed E-state index contributed by atoms with van der Waals surface area (Å²) in [6.45, 7) is 0.667. The minimum Gasteiger partial charge on any atom is -0.496 e. The standard InChI is InChI=1S/C24H23N5O3/c1-31-21-10-9-16(17-6-2-3-7-18(17)21)14-22(30)29-13-5-4-8-20(29)24-28-27-23(32-24)19-15-25-11-12-26-19/h2-3,6-7,9-12,15,20H,4-5,8,13-14H2,1H3/t20-/m0/s1. The van der Waals surface area contributed by atoms with E-state index in [9.17, 15) is 4.79 Å². The molecule has 1 atom stereocenters. The second-order valence-corrected chi connectivity index (χ2v) is 7.78. The van der Waals surface area contributed by atoms with Crippen molar-refractivity contribution in [1.82, 2.24) is 25.1 Å². The van der Waals surface area contributed by atoms with Gasteiger partial charge in [0.2, 0.25) is 11.8 Å². The van der Waals surface area contributed by atoms with Crippen molar-refractivity contribution in [2.24, 2.45) is 0 Å². The molecular weight excluding hydrogens is 406 g/mol. The number of benzene rings is 2. The third-order valence-corrected chi connectivity index (χ3v) is 5.87. The van der Waals surface area contributed by atoms with Crippen LogP contribution in [0.4, 0.5) is 0 Å². The highest BCUT2D eigenvalue weighted by Gasteiger charge is 2.32. The maximum atomic E-state index is 13.4. The molecule has 8 heteroatoms. The van der Waals surface area contributed by atoms with Crippen molar-refractivity contribution in [3.8, 4) is 17.3 Å². The molecule has 3 heterocycles. The highest BCUT2D eigenvalue weighted by molar-refractivity contribution is 5.94. The van der Waals surface area contributed by atoms with Crippen LogP contribution in [0.2, 0.25) is 0 Å². The molecule has 0 saturated carbocycles. The molecule has 0 radical (unpaired) electrons. The van der Waals surface area contributed by atoms with Crippen LogP contribution in [0.5, 0.6) is 5.75 Å². The highest BCUT2D eigenvalue weighted by atomic mass is 16.5. The van der Waals surface area contributed by atoms with Gasteiger partial charge in [-0.1, -0.05) is 30.3 Å². The Morgan fingerprint density at radius 1 is 1.12 bits per heavy atom. The Balaban J connectivity index is 1.41. The van der Waals surface area contributed by atoms with Crippen LogP contribution in [0.3, 0.4) is 0 Å². The number of rotatable bonds is 5. The zero-order valence-electron chi connectivity index (χ0n) is 17.8. The molecule has 0 bridgehead atoms. The van der Waals surface area contributed by atoms with E-state index in [1.54, 1.807) is 25.7 Å². The van der Waals surface area contributed by atoms with Crippen LogP contribution in [0.25, 0.3) is 22.4 Å². The molecule has 162 valence electrons. The van der Waals surface area contributed by atoms with Gasteiger partial charge in [-0.05, 0) is 36.3 Å². The monoisotopic (exact) mass is 429 g/mol. The Morgan fingerprint density at radius 3 is 2.81 bits per heavy atom. The Kier molecular flexibility index (Phi) is 5.49. The van der Waals surface area contributed by atoms with Gasteiger partial charge in [0.1, 0.15) is 17.5 Å². The summed E-state index contributed by atoms with van der Waals surface area (Å²) in [5, 5.41) is 10.4. The Bertz CT molecular complexity index is 1240. The van der Waals surface area contributed by atoms with Gasteiger partial charge in [0, 0.05) is 24.3 Å². The number of amides is 1. The summed E-state index contributed by atoms with van der Waals surface area (Å²) in [5.74, 6) is 1.60. The van der Waals surface area contributed by atoms with Crippen molar-refractivity contribution < 1.29 is 13.9 Å². The molecule has 1 saturated heterocycles. The minimum atomic E-state index is -0.237. The smallest absolute Gasteiger partial charge is 0.267 e. The number of ether oxygens (including phenoxy) is 1. The lowest BCUT2D eigenvalue weighted by molar-refractivity contribution is -0.134. The second kappa shape index (κ2) is 8.74. The van der Waals surface area contributed by atoms with Crippen molar-refractivity contribution in [1.29, 1.82) is 0 Å². The average Bonchev–Trinajstić information content (AvgIpc) is 3.35. The Labute approximate surface area is 185 Å². The van der Waals surface area contributed by atoms with E-state index in [0.29, 0.717) is 30.4 Å². The SMILES string of the molecule is COc1ccc(CC(=O)N2CCCC[C@H]2c2nnc(-c3cnccn3)o2)c2ccccc12. The first kappa shape index (κ1) is 20.1. The molecule has 1 amide bonds. The molecule has 4 aromatic rings. The summed E-state index contributed by atoms with van der Waals surface area (Å²) in [4.78, 5) is 23.5. The van der Waals surface area contributed by atoms with Crippen LogP contribution < -0.4 is 4.74 Å². The van der Waals surface area contributed by atoms with Gasteiger partial charge < -0.3 is 14.1 Å². The van der Waals surface area contributed by atoms with Gasteiger partial charge in [-0.25, -0.2) is 4.98 Å². The first-order valence-corrected chi connectivity index (χ1v) is 10.7. The van der Waals surface area contributed by atoms with Crippen LogP contribution in [-0.4, -0.2) is 44.6 Å². The number of fused-ring (bicyclic) bond motifs is 1. The van der Waals surface area contributed by atoms with Gasteiger partial charge in [0.25, 0.3) is 5.89 Å². The fourth-order valence-electron chi connectivity index (χ4n) is 4.30. The largest absolute Gasteiger partial charge is 0.496 e. The Morgan fingerprint density at radius 2 is 2.00 bits per heavy atom. The van der Waals surface area contributed by atoms with Crippen LogP contribution in [0.1, 0.15) is 36.8 Å². The molecule has 1 aliphatic rings. The van der Waals surface area contributed by atoms with Crippen LogP contribution >= 0.6 is 0 Å². The third kappa shape index (κ3) is 3.79. The Hall–Kier alpha value is -3.81. The van der Waals surface area contributed by atoms with Gasteiger partial charge in [0.05, 0.1) is 19.7 Å². The molecule has 0 unspecified atom stereocenters. The molecule has 0 spiro atoms. The highest BCUT2D eigenvalue weighted by Crippen LogP contribution is 2.33. The summed E-state index contributed by atoms with van der Waals surface area (Å²) in [6, 6.07) is 11.6. The number of carbonyl (C=O) groups is 1. The lowest BCUT2D eigenvalue weighted by Crippen LogP contribution is -2.39. The number of nitrogens with zero attached hydrogens (tertiary/aromatic N) is 5. The van der Waals surface area contributed by atoms with E-state index < -0.39 is 0 Å². The van der Waals surface area contributed by atoms with Crippen molar-refractivity contribution in [3.05, 3.63) is 66.4 Å². The van der Waals surface area contributed by atoms with E-state index in [2.05, 4.69) is 20.2 Å². The first-order chi connectivity index (χ1) is 15.7. The van der Waals surface area contributed by atoms with Crippen LogP contribution in [0, 0.1) is 0 Å². The fourth-order valence-corrected chi connectivity index (χ4v) is 4.30. The molecule has 0 N–H and O–H groups in total. The van der Waals surface area contributed by atoms with Gasteiger partial charge in [0.15, 0.2) is 0 Å². The van der Waals surface area contributed by atoms with E-state index in [4.69, 9.17) is 9.15 Å². The zero-order chi connectivity index (χ0) is 21.9. The van der Waals surface area contributed by atoms with E-state index in [-0.39, 0.29) is 11.9 Å². The quantitative estimate of drug-likeness (QED) is 0.473. The fraction of sp³-hybridized carbons (Fsp3) is 0.292. The van der Waals surface area contributed by atoms with Crippen molar-refractivity contribution >= 4 is 16.7 Å². The number of hydrogen-bond donors (Lipinski definition) is 0. The number of likely N-dealkylation sites (tertiary alicyclic amines) is 1. The van der Waals surface area contributed by atoms with E-state index in [0.717, 1.165) is 41.3 Å². The number of methoxy groups -OCH3 is 1. The maximum Gasteiger partial charge on any atom is 0.267 e. The molecule has 8 nitrogen and oxygen atoms in total. The van der Waals surface area contributed by atoms with Crippen LogP contribution in [0.15, 0.2) is 59.4 Å². The number of piperidine rings is 1. The molecule has 1 aliphatic heterocycles.